The normalized spacial score (nSPS) is 11.9. The number of aromatic nitrogens is 4. The van der Waals surface area contributed by atoms with Gasteiger partial charge >= 0.3 is 6.03 Å². The molecule has 0 fully saturated rings. The maximum Gasteiger partial charge on any atom is 0.329 e. The number of aryl methyl sites for hydroxylation is 1. The Hall–Kier alpha value is -4.20. The first-order chi connectivity index (χ1) is 16.7. The average Bonchev–Trinajstić information content (AvgIpc) is 3.51. The minimum Gasteiger partial charge on any atom is -0.354 e. The molecular formula is C21H26N8O5S. The molecule has 0 spiro atoms. The Kier molecular flexibility index (Phi) is 8.56. The SMILES string of the molecule is Cc1ccccc1S(=O)(=O)NC(=O)NCC(=O)N[C@@H](Cc1cnc[nH]1)C(=O)NCCc1cnc[nH]1. The fourth-order valence-corrected chi connectivity index (χ4v) is 4.34. The maximum atomic E-state index is 12.7. The number of aromatic amines is 2. The summed E-state index contributed by atoms with van der Waals surface area (Å²) in [5.74, 6) is -1.11. The van der Waals surface area contributed by atoms with E-state index in [4.69, 9.17) is 0 Å². The van der Waals surface area contributed by atoms with Gasteiger partial charge in [0.1, 0.15) is 6.04 Å². The molecule has 2 aromatic heterocycles. The number of imidazole rings is 2. The van der Waals surface area contributed by atoms with Crippen molar-refractivity contribution in [3.8, 4) is 0 Å². The van der Waals surface area contributed by atoms with E-state index < -0.39 is 40.5 Å². The van der Waals surface area contributed by atoms with Crippen LogP contribution >= 0.6 is 0 Å². The molecule has 0 saturated carbocycles. The molecule has 0 unspecified atom stereocenters. The van der Waals surface area contributed by atoms with Crippen LogP contribution in [0.3, 0.4) is 0 Å². The number of hydrogen-bond donors (Lipinski definition) is 6. The molecule has 0 radical (unpaired) electrons. The van der Waals surface area contributed by atoms with E-state index in [0.717, 1.165) is 5.69 Å². The first-order valence-corrected chi connectivity index (χ1v) is 12.1. The maximum absolute atomic E-state index is 12.7. The van der Waals surface area contributed by atoms with Gasteiger partial charge in [0, 0.05) is 43.2 Å². The Labute approximate surface area is 201 Å². The van der Waals surface area contributed by atoms with E-state index >= 15 is 0 Å². The van der Waals surface area contributed by atoms with Crippen molar-refractivity contribution < 1.29 is 22.8 Å². The van der Waals surface area contributed by atoms with Gasteiger partial charge in [-0.25, -0.2) is 27.9 Å². The summed E-state index contributed by atoms with van der Waals surface area (Å²) in [5.41, 5.74) is 1.93. The summed E-state index contributed by atoms with van der Waals surface area (Å²) in [6, 6.07) is 4.14. The number of carbonyl (C=O) groups is 3. The van der Waals surface area contributed by atoms with E-state index in [9.17, 15) is 22.8 Å². The highest BCUT2D eigenvalue weighted by atomic mass is 32.2. The number of hydrogen-bond acceptors (Lipinski definition) is 7. The number of sulfonamides is 1. The van der Waals surface area contributed by atoms with Crippen LogP contribution < -0.4 is 20.7 Å². The van der Waals surface area contributed by atoms with Gasteiger partial charge in [0.15, 0.2) is 0 Å². The lowest BCUT2D eigenvalue weighted by atomic mass is 10.1. The molecule has 3 rings (SSSR count). The fraction of sp³-hybridized carbons (Fsp3) is 0.286. The minimum absolute atomic E-state index is 0.0500. The van der Waals surface area contributed by atoms with Gasteiger partial charge in [-0.15, -0.1) is 0 Å². The van der Waals surface area contributed by atoms with Crippen molar-refractivity contribution >= 4 is 27.9 Å². The van der Waals surface area contributed by atoms with Crippen molar-refractivity contribution in [2.24, 2.45) is 0 Å². The number of urea groups is 1. The molecule has 14 heteroatoms. The molecule has 0 aliphatic rings. The molecule has 13 nitrogen and oxygen atoms in total. The highest BCUT2D eigenvalue weighted by molar-refractivity contribution is 7.90. The van der Waals surface area contributed by atoms with Crippen LogP contribution in [0, 0.1) is 6.92 Å². The van der Waals surface area contributed by atoms with Crippen LogP contribution in [0.5, 0.6) is 0 Å². The first-order valence-electron chi connectivity index (χ1n) is 10.6. The molecule has 6 N–H and O–H groups in total. The largest absolute Gasteiger partial charge is 0.354 e. The number of benzene rings is 1. The lowest BCUT2D eigenvalue weighted by Gasteiger charge is -2.18. The minimum atomic E-state index is -4.11. The lowest BCUT2D eigenvalue weighted by molar-refractivity contribution is -0.128. The lowest BCUT2D eigenvalue weighted by Crippen LogP contribution is -2.51. The van der Waals surface area contributed by atoms with Gasteiger partial charge < -0.3 is 25.9 Å². The molecule has 2 heterocycles. The second-order valence-electron chi connectivity index (χ2n) is 7.57. The third-order valence-electron chi connectivity index (χ3n) is 4.90. The summed E-state index contributed by atoms with van der Waals surface area (Å²) < 4.78 is 26.7. The van der Waals surface area contributed by atoms with E-state index in [1.54, 1.807) is 25.3 Å². The second-order valence-corrected chi connectivity index (χ2v) is 9.22. The van der Waals surface area contributed by atoms with Crippen molar-refractivity contribution in [1.82, 2.24) is 40.6 Å². The van der Waals surface area contributed by atoms with Crippen LogP contribution in [0.4, 0.5) is 4.79 Å². The third kappa shape index (κ3) is 7.67. The molecule has 35 heavy (non-hydrogen) atoms. The van der Waals surface area contributed by atoms with E-state index in [0.29, 0.717) is 24.2 Å². The molecule has 0 bridgehead atoms. The number of amides is 4. The Morgan fingerprint density at radius 3 is 2.34 bits per heavy atom. The zero-order valence-corrected chi connectivity index (χ0v) is 19.7. The van der Waals surface area contributed by atoms with E-state index in [-0.39, 0.29) is 11.3 Å². The summed E-state index contributed by atoms with van der Waals surface area (Å²) in [6.07, 6.45) is 6.81. The third-order valence-corrected chi connectivity index (χ3v) is 6.39. The van der Waals surface area contributed by atoms with Crippen LogP contribution in [0.2, 0.25) is 0 Å². The second kappa shape index (κ2) is 11.8. The summed E-state index contributed by atoms with van der Waals surface area (Å²) >= 11 is 0. The Morgan fingerprint density at radius 1 is 1.00 bits per heavy atom. The summed E-state index contributed by atoms with van der Waals surface area (Å²) in [4.78, 5) is 50.8. The number of nitrogens with zero attached hydrogens (tertiary/aromatic N) is 2. The van der Waals surface area contributed by atoms with E-state index in [1.165, 1.54) is 31.0 Å². The quantitative estimate of drug-likeness (QED) is 0.204. The molecule has 1 atom stereocenters. The molecular weight excluding hydrogens is 476 g/mol. The Bertz CT molecular complexity index is 1240. The van der Waals surface area contributed by atoms with Gasteiger partial charge in [-0.3, -0.25) is 9.59 Å². The molecule has 0 aliphatic carbocycles. The van der Waals surface area contributed by atoms with Gasteiger partial charge in [0.2, 0.25) is 11.8 Å². The zero-order valence-electron chi connectivity index (χ0n) is 18.9. The fourth-order valence-electron chi connectivity index (χ4n) is 3.17. The number of nitrogens with one attached hydrogen (secondary N) is 6. The monoisotopic (exact) mass is 502 g/mol. The smallest absolute Gasteiger partial charge is 0.329 e. The summed E-state index contributed by atoms with van der Waals surface area (Å²) in [6.45, 7) is 1.36. The number of rotatable bonds is 11. The molecule has 4 amide bonds. The van der Waals surface area contributed by atoms with Crippen LogP contribution in [-0.4, -0.2) is 65.3 Å². The van der Waals surface area contributed by atoms with Crippen molar-refractivity contribution in [1.29, 1.82) is 0 Å². The zero-order chi connectivity index (χ0) is 25.3. The van der Waals surface area contributed by atoms with Gasteiger partial charge in [-0.2, -0.15) is 0 Å². The van der Waals surface area contributed by atoms with Crippen molar-refractivity contribution in [2.75, 3.05) is 13.1 Å². The average molecular weight is 503 g/mol. The van der Waals surface area contributed by atoms with Gasteiger partial charge in [0.25, 0.3) is 10.0 Å². The predicted octanol–water partition coefficient (Wildman–Crippen LogP) is -0.484. The number of H-pyrrole nitrogens is 2. The molecule has 186 valence electrons. The predicted molar refractivity (Wildman–Crippen MR) is 124 cm³/mol. The van der Waals surface area contributed by atoms with Crippen LogP contribution in [-0.2, 0) is 32.5 Å². The molecule has 3 aromatic rings. The summed E-state index contributed by atoms with van der Waals surface area (Å²) in [7, 11) is -4.11. The number of carbonyl (C=O) groups excluding carboxylic acids is 3. The molecule has 0 saturated heterocycles. The van der Waals surface area contributed by atoms with Gasteiger partial charge in [-0.1, -0.05) is 18.2 Å². The van der Waals surface area contributed by atoms with Crippen LogP contribution in [0.1, 0.15) is 17.0 Å². The highest BCUT2D eigenvalue weighted by Crippen LogP contribution is 2.13. The van der Waals surface area contributed by atoms with Crippen LogP contribution in [0.25, 0.3) is 0 Å². The van der Waals surface area contributed by atoms with E-state index in [1.807, 2.05) is 4.72 Å². The highest BCUT2D eigenvalue weighted by Gasteiger charge is 2.23. The Balaban J connectivity index is 1.52. The van der Waals surface area contributed by atoms with Gasteiger partial charge in [-0.05, 0) is 18.6 Å². The van der Waals surface area contributed by atoms with Crippen molar-refractivity contribution in [3.63, 3.8) is 0 Å². The van der Waals surface area contributed by atoms with Gasteiger partial charge in [0.05, 0.1) is 24.1 Å². The van der Waals surface area contributed by atoms with Crippen molar-refractivity contribution in [3.05, 3.63) is 66.3 Å². The Morgan fingerprint density at radius 2 is 1.69 bits per heavy atom. The molecule has 0 aliphatic heterocycles. The topological polar surface area (TPSA) is 191 Å². The summed E-state index contributed by atoms with van der Waals surface area (Å²) in [5, 5.41) is 7.48. The van der Waals surface area contributed by atoms with Crippen LogP contribution in [0.15, 0.2) is 54.2 Å². The first kappa shape index (κ1) is 25.4. The molecule has 1 aromatic carbocycles. The standard InChI is InChI=1S/C21H26N8O5S/c1-14-4-2-3-5-18(14)35(33,34)29-21(32)25-11-19(30)28-17(8-16-10-23-13-27-16)20(31)24-7-6-15-9-22-12-26-15/h2-5,9-10,12-13,17H,6-8,11H2,1H3,(H,22,26)(H,23,27)(H,24,31)(H,28,30)(H2,25,29,32)/t17-/m0/s1. The van der Waals surface area contributed by atoms with Crippen molar-refractivity contribution in [2.45, 2.75) is 30.7 Å². The van der Waals surface area contributed by atoms with E-state index in [2.05, 4.69) is 35.9 Å².